The van der Waals surface area contributed by atoms with Crippen molar-refractivity contribution < 1.29 is 19.1 Å². The molecule has 1 aromatic rings. The Morgan fingerprint density at radius 3 is 2.20 bits per heavy atom. The van der Waals surface area contributed by atoms with Crippen LogP contribution in [0.2, 0.25) is 0 Å². The highest BCUT2D eigenvalue weighted by molar-refractivity contribution is 5.77. The number of esters is 2. The van der Waals surface area contributed by atoms with Crippen LogP contribution in [-0.4, -0.2) is 11.9 Å². The summed E-state index contributed by atoms with van der Waals surface area (Å²) in [5.74, 6) is -0.198. The average molecular weight is 278 g/mol. The Hall–Kier alpha value is -1.84. The highest BCUT2D eigenvalue weighted by Gasteiger charge is 2.17. The third-order valence-corrected chi connectivity index (χ3v) is 2.86. The molecule has 0 bridgehead atoms. The summed E-state index contributed by atoms with van der Waals surface area (Å²) in [6.45, 7) is 5.75. The summed E-state index contributed by atoms with van der Waals surface area (Å²) in [6.07, 6.45) is 2.75. The molecule has 0 aromatic heterocycles. The van der Waals surface area contributed by atoms with Crippen LogP contribution in [0.25, 0.3) is 0 Å². The van der Waals surface area contributed by atoms with Crippen LogP contribution in [0, 0.1) is 5.92 Å². The fourth-order valence-electron chi connectivity index (χ4n) is 1.76. The number of hydrogen-bond donors (Lipinski definition) is 0. The first-order valence-electron chi connectivity index (χ1n) is 7.09. The molecule has 0 N–H and O–H groups in total. The zero-order chi connectivity index (χ0) is 15.0. The van der Waals surface area contributed by atoms with Gasteiger partial charge in [0.25, 0.3) is 0 Å². The van der Waals surface area contributed by atoms with Crippen LogP contribution in [0.15, 0.2) is 24.3 Å². The summed E-state index contributed by atoms with van der Waals surface area (Å²) in [4.78, 5) is 23.4. The van der Waals surface area contributed by atoms with Crippen LogP contribution in [0.1, 0.15) is 46.5 Å². The van der Waals surface area contributed by atoms with Crippen molar-refractivity contribution in [2.75, 3.05) is 0 Å². The van der Waals surface area contributed by atoms with Crippen LogP contribution in [0.4, 0.5) is 0 Å². The minimum absolute atomic E-state index is 0.167. The molecule has 0 fully saturated rings. The van der Waals surface area contributed by atoms with E-state index in [1.54, 1.807) is 24.3 Å². The molecule has 0 saturated carbocycles. The van der Waals surface area contributed by atoms with Crippen LogP contribution in [-0.2, 0) is 9.59 Å². The first kappa shape index (κ1) is 16.2. The second-order valence-electron chi connectivity index (χ2n) is 4.78. The van der Waals surface area contributed by atoms with Gasteiger partial charge < -0.3 is 9.47 Å². The molecule has 0 radical (unpaired) electrons. The van der Waals surface area contributed by atoms with Crippen molar-refractivity contribution in [1.29, 1.82) is 0 Å². The number of carbonyl (C=O) groups excluding carboxylic acids is 2. The van der Waals surface area contributed by atoms with E-state index in [9.17, 15) is 9.59 Å². The van der Waals surface area contributed by atoms with E-state index in [1.807, 2.05) is 20.8 Å². The molecule has 0 aliphatic heterocycles. The van der Waals surface area contributed by atoms with Gasteiger partial charge in [-0.3, -0.25) is 9.59 Å². The van der Waals surface area contributed by atoms with Gasteiger partial charge in [-0.1, -0.05) is 39.3 Å². The molecule has 0 amide bonds. The Kier molecular flexibility index (Phi) is 6.77. The molecular formula is C16H22O4. The Morgan fingerprint density at radius 1 is 1.05 bits per heavy atom. The minimum Gasteiger partial charge on any atom is -0.423 e. The number of benzene rings is 1. The molecule has 1 unspecified atom stereocenters. The van der Waals surface area contributed by atoms with E-state index in [-0.39, 0.29) is 17.9 Å². The monoisotopic (exact) mass is 278 g/mol. The van der Waals surface area contributed by atoms with E-state index in [0.29, 0.717) is 24.3 Å². The van der Waals surface area contributed by atoms with Gasteiger partial charge in [0.2, 0.25) is 0 Å². The maximum Gasteiger partial charge on any atom is 0.314 e. The molecule has 1 rings (SSSR count). The molecule has 1 aromatic carbocycles. The number of para-hydroxylation sites is 2. The molecule has 0 aliphatic rings. The maximum atomic E-state index is 11.9. The van der Waals surface area contributed by atoms with Gasteiger partial charge in [0.1, 0.15) is 0 Å². The second kappa shape index (κ2) is 8.35. The van der Waals surface area contributed by atoms with E-state index in [1.165, 1.54) is 0 Å². The van der Waals surface area contributed by atoms with E-state index in [0.717, 1.165) is 12.8 Å². The van der Waals surface area contributed by atoms with Crippen molar-refractivity contribution >= 4 is 11.9 Å². The largest absolute Gasteiger partial charge is 0.423 e. The van der Waals surface area contributed by atoms with E-state index < -0.39 is 0 Å². The van der Waals surface area contributed by atoms with Crippen molar-refractivity contribution in [3.8, 4) is 11.5 Å². The standard InChI is InChI=1S/C16H22O4/c1-4-8-12(3)16(18)20-14-11-7-6-10-13(14)19-15(17)9-5-2/h6-7,10-12H,4-5,8-9H2,1-3H3. The fraction of sp³-hybridized carbons (Fsp3) is 0.500. The van der Waals surface area contributed by atoms with Crippen LogP contribution < -0.4 is 9.47 Å². The van der Waals surface area contributed by atoms with Crippen molar-refractivity contribution in [3.05, 3.63) is 24.3 Å². The lowest BCUT2D eigenvalue weighted by atomic mass is 10.1. The highest BCUT2D eigenvalue weighted by atomic mass is 16.6. The lowest BCUT2D eigenvalue weighted by Gasteiger charge is -2.13. The van der Waals surface area contributed by atoms with Crippen LogP contribution in [0.3, 0.4) is 0 Å². The summed E-state index contributed by atoms with van der Waals surface area (Å²) < 4.78 is 10.5. The zero-order valence-electron chi connectivity index (χ0n) is 12.3. The maximum absolute atomic E-state index is 11.9. The van der Waals surface area contributed by atoms with Gasteiger partial charge in [-0.05, 0) is 25.0 Å². The lowest BCUT2D eigenvalue weighted by molar-refractivity contribution is -0.140. The predicted octanol–water partition coefficient (Wildman–Crippen LogP) is 3.73. The molecule has 0 heterocycles. The first-order valence-corrected chi connectivity index (χ1v) is 7.09. The normalized spacial score (nSPS) is 11.8. The Morgan fingerprint density at radius 2 is 1.65 bits per heavy atom. The summed E-state index contributed by atoms with van der Waals surface area (Å²) in [6, 6.07) is 6.73. The number of hydrogen-bond acceptors (Lipinski definition) is 4. The van der Waals surface area contributed by atoms with Gasteiger partial charge in [0.05, 0.1) is 5.92 Å². The summed E-state index contributed by atoms with van der Waals surface area (Å²) >= 11 is 0. The zero-order valence-corrected chi connectivity index (χ0v) is 12.3. The molecule has 4 heteroatoms. The molecular weight excluding hydrogens is 256 g/mol. The minimum atomic E-state index is -0.322. The molecule has 20 heavy (non-hydrogen) atoms. The van der Waals surface area contributed by atoms with Gasteiger partial charge in [0.15, 0.2) is 11.5 Å². The van der Waals surface area contributed by atoms with E-state index >= 15 is 0 Å². The van der Waals surface area contributed by atoms with Crippen molar-refractivity contribution in [2.45, 2.75) is 46.5 Å². The van der Waals surface area contributed by atoms with Crippen molar-refractivity contribution in [3.63, 3.8) is 0 Å². The number of carbonyl (C=O) groups is 2. The molecule has 4 nitrogen and oxygen atoms in total. The molecule has 0 aliphatic carbocycles. The quantitative estimate of drug-likeness (QED) is 0.563. The Balaban J connectivity index is 2.75. The van der Waals surface area contributed by atoms with Crippen molar-refractivity contribution in [1.82, 2.24) is 0 Å². The Labute approximate surface area is 120 Å². The van der Waals surface area contributed by atoms with Gasteiger partial charge in [-0.15, -0.1) is 0 Å². The average Bonchev–Trinajstić information content (AvgIpc) is 2.41. The SMILES string of the molecule is CCCC(=O)Oc1ccccc1OC(=O)C(C)CCC. The highest BCUT2D eigenvalue weighted by Crippen LogP contribution is 2.28. The summed E-state index contributed by atoms with van der Waals surface area (Å²) in [7, 11) is 0. The van der Waals surface area contributed by atoms with Gasteiger partial charge in [-0.25, -0.2) is 0 Å². The second-order valence-corrected chi connectivity index (χ2v) is 4.78. The fourth-order valence-corrected chi connectivity index (χ4v) is 1.76. The predicted molar refractivity (Wildman–Crippen MR) is 76.7 cm³/mol. The van der Waals surface area contributed by atoms with Gasteiger partial charge in [0, 0.05) is 6.42 Å². The third kappa shape index (κ3) is 5.03. The van der Waals surface area contributed by atoms with E-state index in [2.05, 4.69) is 0 Å². The smallest absolute Gasteiger partial charge is 0.314 e. The molecule has 110 valence electrons. The van der Waals surface area contributed by atoms with Gasteiger partial charge >= 0.3 is 11.9 Å². The third-order valence-electron chi connectivity index (χ3n) is 2.86. The topological polar surface area (TPSA) is 52.6 Å². The van der Waals surface area contributed by atoms with Gasteiger partial charge in [-0.2, -0.15) is 0 Å². The first-order chi connectivity index (χ1) is 9.58. The number of ether oxygens (including phenoxy) is 2. The summed E-state index contributed by atoms with van der Waals surface area (Å²) in [5.41, 5.74) is 0. The molecule has 0 spiro atoms. The Bertz CT molecular complexity index is 454. The summed E-state index contributed by atoms with van der Waals surface area (Å²) in [5, 5.41) is 0. The lowest BCUT2D eigenvalue weighted by Crippen LogP contribution is -2.18. The van der Waals surface area contributed by atoms with Crippen LogP contribution in [0.5, 0.6) is 11.5 Å². The van der Waals surface area contributed by atoms with E-state index in [4.69, 9.17) is 9.47 Å². The molecule has 1 atom stereocenters. The van der Waals surface area contributed by atoms with Crippen LogP contribution >= 0.6 is 0 Å². The number of rotatable bonds is 7. The molecule has 0 saturated heterocycles. The van der Waals surface area contributed by atoms with Crippen molar-refractivity contribution in [2.24, 2.45) is 5.92 Å².